The van der Waals surface area contributed by atoms with Crippen molar-refractivity contribution in [3.63, 3.8) is 0 Å². The van der Waals surface area contributed by atoms with E-state index in [1.807, 2.05) is 10.8 Å². The lowest BCUT2D eigenvalue weighted by atomic mass is 10.2. The van der Waals surface area contributed by atoms with E-state index in [-0.39, 0.29) is 0 Å². The van der Waals surface area contributed by atoms with Gasteiger partial charge in [0.1, 0.15) is 6.04 Å². The lowest BCUT2D eigenvalue weighted by Crippen LogP contribution is -2.40. The molecule has 8 nitrogen and oxygen atoms in total. The van der Waals surface area contributed by atoms with Crippen LogP contribution in [0.5, 0.6) is 0 Å². The van der Waals surface area contributed by atoms with Crippen molar-refractivity contribution in [3.8, 4) is 6.07 Å². The number of nitriles is 1. The predicted molar refractivity (Wildman–Crippen MR) is 107 cm³/mol. The van der Waals surface area contributed by atoms with Crippen molar-refractivity contribution < 1.29 is 35.9 Å². The van der Waals surface area contributed by atoms with Crippen LogP contribution in [0.2, 0.25) is 5.02 Å². The van der Waals surface area contributed by atoms with E-state index >= 15 is 0 Å². The average molecular weight is 490 g/mol. The van der Waals surface area contributed by atoms with E-state index < -0.39 is 56.2 Å². The van der Waals surface area contributed by atoms with Crippen LogP contribution < -0.4 is 10.0 Å². The number of rotatable bonds is 7. The number of amides is 1. The van der Waals surface area contributed by atoms with Crippen LogP contribution in [0.3, 0.4) is 0 Å². The number of benzene rings is 2. The van der Waals surface area contributed by atoms with Gasteiger partial charge in [-0.05, 0) is 49.4 Å². The van der Waals surface area contributed by atoms with Gasteiger partial charge in [0, 0.05) is 5.69 Å². The molecule has 0 spiro atoms. The molecule has 1 amide bonds. The summed E-state index contributed by atoms with van der Waals surface area (Å²) in [5.74, 6) is -1.86. The van der Waals surface area contributed by atoms with Crippen LogP contribution in [0.1, 0.15) is 18.1 Å². The molecule has 1 atom stereocenters. The third-order valence-electron chi connectivity index (χ3n) is 3.88. The number of carbonyl (C=O) groups is 2. The quantitative estimate of drug-likeness (QED) is 0.576. The Balaban J connectivity index is 1.97. The molecular formula is C19H15ClF3N3O5S. The molecule has 2 aromatic carbocycles. The zero-order chi connectivity index (χ0) is 24.1. The third-order valence-corrected chi connectivity index (χ3v) is 5.75. The van der Waals surface area contributed by atoms with Crippen LogP contribution in [0, 0.1) is 11.3 Å². The van der Waals surface area contributed by atoms with Gasteiger partial charge in [0.15, 0.2) is 6.61 Å². The Labute approximate surface area is 186 Å². The molecule has 0 bridgehead atoms. The molecule has 2 N–H and O–H groups in total. The van der Waals surface area contributed by atoms with Crippen LogP contribution in [-0.2, 0) is 30.5 Å². The minimum absolute atomic E-state index is 0.335. The first-order valence-corrected chi connectivity index (χ1v) is 10.6. The Morgan fingerprint density at radius 2 is 1.81 bits per heavy atom. The highest BCUT2D eigenvalue weighted by atomic mass is 35.5. The number of carbonyl (C=O) groups excluding carboxylic acids is 2. The number of nitrogens with zero attached hydrogens (tertiary/aromatic N) is 1. The highest BCUT2D eigenvalue weighted by Gasteiger charge is 2.35. The number of hydrogen-bond acceptors (Lipinski definition) is 6. The fourth-order valence-corrected chi connectivity index (χ4v) is 3.77. The number of ether oxygens (including phenoxy) is 1. The molecule has 1 unspecified atom stereocenters. The second kappa shape index (κ2) is 9.99. The van der Waals surface area contributed by atoms with Crippen molar-refractivity contribution in [1.82, 2.24) is 4.72 Å². The second-order valence-electron chi connectivity index (χ2n) is 6.33. The molecule has 0 aliphatic rings. The molecule has 0 aliphatic carbocycles. The Morgan fingerprint density at radius 3 is 2.38 bits per heavy atom. The first-order chi connectivity index (χ1) is 14.8. The van der Waals surface area contributed by atoms with Gasteiger partial charge in [-0.3, -0.25) is 9.59 Å². The molecule has 0 heterocycles. The second-order valence-corrected chi connectivity index (χ2v) is 8.45. The number of hydrogen-bond donors (Lipinski definition) is 2. The van der Waals surface area contributed by atoms with Crippen molar-refractivity contribution in [1.29, 1.82) is 5.26 Å². The largest absolute Gasteiger partial charge is 0.454 e. The van der Waals surface area contributed by atoms with Crippen LogP contribution >= 0.6 is 11.6 Å². The van der Waals surface area contributed by atoms with Crippen LogP contribution in [-0.4, -0.2) is 32.9 Å². The molecule has 32 heavy (non-hydrogen) atoms. The molecule has 0 saturated heterocycles. The fourth-order valence-electron chi connectivity index (χ4n) is 2.32. The number of halogens is 4. The minimum Gasteiger partial charge on any atom is -0.454 e. The van der Waals surface area contributed by atoms with Gasteiger partial charge in [0.25, 0.3) is 5.91 Å². The zero-order valence-electron chi connectivity index (χ0n) is 16.2. The number of esters is 1. The summed E-state index contributed by atoms with van der Waals surface area (Å²) < 4.78 is 70.1. The van der Waals surface area contributed by atoms with Gasteiger partial charge in [0.05, 0.1) is 27.1 Å². The zero-order valence-corrected chi connectivity index (χ0v) is 17.8. The van der Waals surface area contributed by atoms with Gasteiger partial charge in [-0.25, -0.2) is 8.42 Å². The summed E-state index contributed by atoms with van der Waals surface area (Å²) in [4.78, 5) is 23.1. The molecule has 2 aromatic rings. The molecule has 13 heteroatoms. The van der Waals surface area contributed by atoms with Crippen molar-refractivity contribution >= 4 is 39.2 Å². The molecule has 170 valence electrons. The van der Waals surface area contributed by atoms with Crippen LogP contribution in [0.15, 0.2) is 47.4 Å². The van der Waals surface area contributed by atoms with E-state index in [0.717, 1.165) is 19.1 Å². The Hall–Kier alpha value is -3.14. The molecule has 0 fully saturated rings. The van der Waals surface area contributed by atoms with Crippen molar-refractivity contribution in [2.45, 2.75) is 24.0 Å². The first-order valence-electron chi connectivity index (χ1n) is 8.69. The molecule has 0 aliphatic heterocycles. The number of sulfonamides is 1. The standard InChI is InChI=1S/C19H15ClF3N3O5S/c1-11(18(28)31-10-17(27)25-13-4-2-12(9-24)3-5-13)26-32(29,30)14-6-7-16(20)15(8-14)19(21,22)23/h2-8,11,26H,10H2,1H3,(H,25,27). The lowest BCUT2D eigenvalue weighted by Gasteiger charge is -2.15. The van der Waals surface area contributed by atoms with E-state index in [9.17, 15) is 31.2 Å². The maximum absolute atomic E-state index is 13.0. The van der Waals surface area contributed by atoms with E-state index in [2.05, 4.69) is 5.32 Å². The number of anilines is 1. The summed E-state index contributed by atoms with van der Waals surface area (Å²) in [7, 11) is -4.53. The first kappa shape index (κ1) is 25.1. The van der Waals surface area contributed by atoms with Crippen molar-refractivity contribution in [2.24, 2.45) is 0 Å². The Bertz CT molecular complexity index is 1160. The Morgan fingerprint density at radius 1 is 1.19 bits per heavy atom. The summed E-state index contributed by atoms with van der Waals surface area (Å²) in [6.07, 6.45) is -4.88. The number of alkyl halides is 3. The van der Waals surface area contributed by atoms with Gasteiger partial charge in [-0.15, -0.1) is 0 Å². The lowest BCUT2D eigenvalue weighted by molar-refractivity contribution is -0.148. The fraction of sp³-hybridized carbons (Fsp3) is 0.211. The monoisotopic (exact) mass is 489 g/mol. The highest BCUT2D eigenvalue weighted by Crippen LogP contribution is 2.35. The summed E-state index contributed by atoms with van der Waals surface area (Å²) in [5, 5.41) is 10.4. The normalized spacial score (nSPS) is 12.5. The average Bonchev–Trinajstić information content (AvgIpc) is 2.71. The SMILES string of the molecule is CC(NS(=O)(=O)c1ccc(Cl)c(C(F)(F)F)c1)C(=O)OCC(=O)Nc1ccc(C#N)cc1. The third kappa shape index (κ3) is 6.68. The topological polar surface area (TPSA) is 125 Å². The van der Waals surface area contributed by atoms with Gasteiger partial charge in [-0.1, -0.05) is 11.6 Å². The van der Waals surface area contributed by atoms with Gasteiger partial charge >= 0.3 is 12.1 Å². The molecule has 2 rings (SSSR count). The van der Waals surface area contributed by atoms with Crippen molar-refractivity contribution in [2.75, 3.05) is 11.9 Å². The summed E-state index contributed by atoms with van der Waals surface area (Å²) in [6.45, 7) is 0.350. The molecule has 0 radical (unpaired) electrons. The summed E-state index contributed by atoms with van der Waals surface area (Å²) in [5.41, 5.74) is -0.641. The molecular weight excluding hydrogens is 475 g/mol. The van der Waals surface area contributed by atoms with Gasteiger partial charge in [0.2, 0.25) is 10.0 Å². The highest BCUT2D eigenvalue weighted by molar-refractivity contribution is 7.89. The summed E-state index contributed by atoms with van der Waals surface area (Å²) in [6, 6.07) is 8.19. The van der Waals surface area contributed by atoms with E-state index in [1.54, 1.807) is 0 Å². The van der Waals surface area contributed by atoms with Gasteiger partial charge < -0.3 is 10.1 Å². The van der Waals surface area contributed by atoms with Crippen molar-refractivity contribution in [3.05, 3.63) is 58.6 Å². The summed E-state index contributed by atoms with van der Waals surface area (Å²) >= 11 is 5.47. The predicted octanol–water partition coefficient (Wildman–Crippen LogP) is 3.08. The van der Waals surface area contributed by atoms with Crippen LogP contribution in [0.25, 0.3) is 0 Å². The Kier molecular flexibility index (Phi) is 7.84. The van der Waals surface area contributed by atoms with E-state index in [0.29, 0.717) is 17.3 Å². The smallest absolute Gasteiger partial charge is 0.417 e. The molecule has 0 aromatic heterocycles. The molecule has 0 saturated carbocycles. The van der Waals surface area contributed by atoms with E-state index in [4.69, 9.17) is 21.6 Å². The number of nitrogens with one attached hydrogen (secondary N) is 2. The van der Waals surface area contributed by atoms with Gasteiger partial charge in [-0.2, -0.15) is 23.2 Å². The minimum atomic E-state index is -4.88. The van der Waals surface area contributed by atoms with Crippen LogP contribution in [0.4, 0.5) is 18.9 Å². The van der Waals surface area contributed by atoms with E-state index in [1.165, 1.54) is 24.3 Å². The maximum Gasteiger partial charge on any atom is 0.417 e. The maximum atomic E-state index is 13.0.